The van der Waals surface area contributed by atoms with Gasteiger partial charge in [0.05, 0.1) is 5.56 Å². The minimum absolute atomic E-state index is 0.142. The Labute approximate surface area is 156 Å². The van der Waals surface area contributed by atoms with Gasteiger partial charge in [0.25, 0.3) is 0 Å². The second-order valence-electron chi connectivity index (χ2n) is 6.14. The lowest BCUT2D eigenvalue weighted by atomic mass is 9.99. The van der Waals surface area contributed by atoms with Gasteiger partial charge in [0.2, 0.25) is 0 Å². The Morgan fingerprint density at radius 1 is 1.00 bits per heavy atom. The number of aryl methyl sites for hydroxylation is 1. The molecule has 2 atom stereocenters. The van der Waals surface area contributed by atoms with E-state index in [0.29, 0.717) is 0 Å². The van der Waals surface area contributed by atoms with Crippen molar-refractivity contribution in [2.45, 2.75) is 32.0 Å². The van der Waals surface area contributed by atoms with E-state index in [0.717, 1.165) is 28.5 Å². The highest BCUT2D eigenvalue weighted by atomic mass is 19.4. The largest absolute Gasteiger partial charge is 0.416 e. The first kappa shape index (κ1) is 14.8. The second kappa shape index (κ2) is 7.92. The van der Waals surface area contributed by atoms with Gasteiger partial charge in [-0.25, -0.2) is 0 Å². The number of fused-ring (bicyclic) bond motifs is 1. The number of benzene rings is 3. The molecule has 0 aliphatic rings. The quantitative estimate of drug-likeness (QED) is 0.556. The molecule has 3 aromatic rings. The van der Waals surface area contributed by atoms with E-state index in [-0.39, 0.29) is 18.0 Å². The first-order chi connectivity index (χ1) is 13.6. The Balaban J connectivity index is 1.75. The first-order valence-corrected chi connectivity index (χ1v) is 8.41. The van der Waals surface area contributed by atoms with Gasteiger partial charge in [-0.1, -0.05) is 60.7 Å². The molecule has 0 radical (unpaired) electrons. The van der Waals surface area contributed by atoms with Crippen molar-refractivity contribution < 1.29 is 17.3 Å². The molecular weight excluding hydrogens is 335 g/mol. The highest BCUT2D eigenvalue weighted by Crippen LogP contribution is 2.29. The van der Waals surface area contributed by atoms with Crippen LogP contribution in [-0.2, 0) is 12.6 Å². The van der Waals surface area contributed by atoms with Crippen LogP contribution >= 0.6 is 0 Å². The second-order valence-corrected chi connectivity index (χ2v) is 6.14. The molecule has 0 bridgehead atoms. The zero-order valence-corrected chi connectivity index (χ0v) is 14.3. The monoisotopic (exact) mass is 360 g/mol. The van der Waals surface area contributed by atoms with E-state index >= 15 is 0 Å². The number of halogens is 3. The van der Waals surface area contributed by atoms with Crippen molar-refractivity contribution in [1.82, 2.24) is 5.32 Å². The molecule has 4 heteroatoms. The Morgan fingerprint density at radius 2 is 1.73 bits per heavy atom. The summed E-state index contributed by atoms with van der Waals surface area (Å²) >= 11 is 0. The van der Waals surface area contributed by atoms with Gasteiger partial charge in [0.1, 0.15) is 0 Å². The minimum Gasteiger partial charge on any atom is -0.310 e. The van der Waals surface area contributed by atoms with Crippen molar-refractivity contribution in [3.8, 4) is 0 Å². The molecule has 0 heterocycles. The summed E-state index contributed by atoms with van der Waals surface area (Å²) in [5.41, 5.74) is 0.237. The number of hydrogen-bond acceptors (Lipinski definition) is 1. The Bertz CT molecular complexity index is 983. The summed E-state index contributed by atoms with van der Waals surface area (Å²) in [4.78, 5) is 0. The minimum atomic E-state index is -4.49. The number of rotatable bonds is 6. The van der Waals surface area contributed by atoms with Crippen LogP contribution in [0.4, 0.5) is 13.2 Å². The zero-order chi connectivity index (χ0) is 21.2. The van der Waals surface area contributed by atoms with E-state index in [9.17, 15) is 13.2 Å². The molecule has 136 valence electrons. The van der Waals surface area contributed by atoms with Gasteiger partial charge in [0, 0.05) is 10.2 Å². The van der Waals surface area contributed by atoms with Gasteiger partial charge < -0.3 is 5.32 Å². The zero-order valence-electron chi connectivity index (χ0n) is 17.3. The molecular formula is C22H22F3N. The van der Waals surface area contributed by atoms with Crippen LogP contribution in [0.2, 0.25) is 0 Å². The van der Waals surface area contributed by atoms with E-state index in [1.807, 2.05) is 49.4 Å². The molecule has 26 heavy (non-hydrogen) atoms. The average molecular weight is 360 g/mol. The van der Waals surface area contributed by atoms with Gasteiger partial charge in [-0.05, 0) is 54.2 Å². The van der Waals surface area contributed by atoms with Crippen molar-refractivity contribution in [3.05, 3.63) is 83.4 Å². The smallest absolute Gasteiger partial charge is 0.310 e. The van der Waals surface area contributed by atoms with Crippen LogP contribution in [0.25, 0.3) is 10.8 Å². The highest BCUT2D eigenvalue weighted by Gasteiger charge is 2.30. The molecule has 0 aliphatic carbocycles. The molecule has 3 rings (SSSR count). The van der Waals surface area contributed by atoms with E-state index in [1.54, 1.807) is 0 Å². The molecule has 0 spiro atoms. The summed E-state index contributed by atoms with van der Waals surface area (Å²) in [5.74, 6) is 0. The number of hydrogen-bond donors (Lipinski definition) is 1. The van der Waals surface area contributed by atoms with Crippen molar-refractivity contribution in [3.63, 3.8) is 0 Å². The average Bonchev–Trinajstić information content (AvgIpc) is 2.66. The normalized spacial score (nSPS) is 16.5. The lowest BCUT2D eigenvalue weighted by Crippen LogP contribution is -2.20. The SMILES string of the molecule is [2H]C(CC([2H])([2H])N[C@H](C)c1cccc2ccccc12)c1cccc(C(F)(F)F)c1. The van der Waals surface area contributed by atoms with E-state index in [2.05, 4.69) is 5.32 Å². The third kappa shape index (κ3) is 4.44. The van der Waals surface area contributed by atoms with Crippen LogP contribution in [-0.4, -0.2) is 6.50 Å². The first-order valence-electron chi connectivity index (χ1n) is 9.99. The van der Waals surface area contributed by atoms with E-state index in [1.165, 1.54) is 12.1 Å². The van der Waals surface area contributed by atoms with Gasteiger partial charge in [0.15, 0.2) is 0 Å². The van der Waals surface area contributed by atoms with Crippen LogP contribution < -0.4 is 5.32 Å². The molecule has 0 saturated heterocycles. The number of alkyl halides is 3. The maximum absolute atomic E-state index is 12.9. The Morgan fingerprint density at radius 3 is 2.54 bits per heavy atom. The fourth-order valence-electron chi connectivity index (χ4n) is 2.93. The molecule has 0 fully saturated rings. The van der Waals surface area contributed by atoms with Crippen molar-refractivity contribution in [1.29, 1.82) is 0 Å². The molecule has 0 saturated carbocycles. The summed E-state index contributed by atoms with van der Waals surface area (Å²) in [6.07, 6.45) is -5.89. The maximum atomic E-state index is 12.9. The van der Waals surface area contributed by atoms with E-state index < -0.39 is 24.6 Å². The van der Waals surface area contributed by atoms with Gasteiger partial charge in [-0.15, -0.1) is 0 Å². The summed E-state index contributed by atoms with van der Waals surface area (Å²) in [6.45, 7) is -0.0974. The van der Waals surface area contributed by atoms with Crippen LogP contribution in [0, 0.1) is 0 Å². The molecule has 0 aromatic heterocycles. The predicted molar refractivity (Wildman–Crippen MR) is 100 cm³/mol. The molecule has 3 aromatic carbocycles. The van der Waals surface area contributed by atoms with Gasteiger partial charge in [-0.2, -0.15) is 13.2 Å². The summed E-state index contributed by atoms with van der Waals surface area (Å²) in [6, 6.07) is 17.8. The van der Waals surface area contributed by atoms with Gasteiger partial charge >= 0.3 is 6.18 Å². The lowest BCUT2D eigenvalue weighted by Gasteiger charge is -2.17. The Hall–Kier alpha value is -2.33. The molecule has 1 nitrogen and oxygen atoms in total. The van der Waals surface area contributed by atoms with Crippen molar-refractivity contribution in [2.24, 2.45) is 0 Å². The summed E-state index contributed by atoms with van der Waals surface area (Å²) in [7, 11) is 0. The highest BCUT2D eigenvalue weighted by molar-refractivity contribution is 5.86. The van der Waals surface area contributed by atoms with Crippen molar-refractivity contribution >= 4 is 10.8 Å². The van der Waals surface area contributed by atoms with E-state index in [4.69, 9.17) is 4.11 Å². The third-order valence-corrected chi connectivity index (χ3v) is 4.26. The van der Waals surface area contributed by atoms with Crippen molar-refractivity contribution in [2.75, 3.05) is 6.50 Å². The van der Waals surface area contributed by atoms with Crippen LogP contribution in [0.5, 0.6) is 0 Å². The topological polar surface area (TPSA) is 12.0 Å². The fourth-order valence-corrected chi connectivity index (χ4v) is 2.93. The molecule has 1 N–H and O–H groups in total. The standard InChI is InChI=1S/C22H22F3N/c1-16(20-13-5-10-18-9-2-3-12-21(18)20)26-14-6-8-17-7-4-11-19(15-17)22(23,24)25/h2-5,7,9-13,15-16,26H,6,8,14H2,1H3/t16-/m1/s1/i8D,14D2/t8?,16-. The van der Waals surface area contributed by atoms with Crippen LogP contribution in [0.1, 0.15) is 40.2 Å². The lowest BCUT2D eigenvalue weighted by molar-refractivity contribution is -0.137. The van der Waals surface area contributed by atoms with Gasteiger partial charge in [-0.3, -0.25) is 0 Å². The van der Waals surface area contributed by atoms with Crippen LogP contribution in [0.3, 0.4) is 0 Å². The molecule has 0 amide bonds. The third-order valence-electron chi connectivity index (χ3n) is 4.26. The molecule has 0 aliphatic heterocycles. The fraction of sp³-hybridized carbons (Fsp3) is 0.273. The summed E-state index contributed by atoms with van der Waals surface area (Å²) in [5, 5.41) is 4.95. The number of nitrogens with one attached hydrogen (secondary N) is 1. The summed E-state index contributed by atoms with van der Waals surface area (Å²) < 4.78 is 63.5. The predicted octanol–water partition coefficient (Wildman–Crippen LogP) is 6.14. The van der Waals surface area contributed by atoms with Crippen LogP contribution in [0.15, 0.2) is 66.7 Å². The maximum Gasteiger partial charge on any atom is 0.416 e. The Kier molecular flexibility index (Phi) is 4.51. The molecule has 1 unspecified atom stereocenters.